The van der Waals surface area contributed by atoms with Crippen LogP contribution in [0.5, 0.6) is 0 Å². The largest absolute Gasteiger partial charge is 0.394 e. The third-order valence-electron chi connectivity index (χ3n) is 14.1. The lowest BCUT2D eigenvalue weighted by Gasteiger charge is -2.46. The van der Waals surface area contributed by atoms with E-state index < -0.39 is 86.8 Å². The van der Waals surface area contributed by atoms with Gasteiger partial charge in [0.25, 0.3) is 0 Å². The minimum atomic E-state index is -1.78. The summed E-state index contributed by atoms with van der Waals surface area (Å²) in [6.45, 7) is 2.74. The number of rotatable bonds is 45. The van der Waals surface area contributed by atoms with E-state index in [2.05, 4.69) is 67.8 Å². The Balaban J connectivity index is 1.78. The molecule has 0 bridgehead atoms. The summed E-state index contributed by atoms with van der Waals surface area (Å²) in [6.07, 6.45) is 36.7. The van der Waals surface area contributed by atoms with E-state index in [0.717, 1.165) is 89.9 Å². The SMILES string of the molecule is CC/C=C\C/C=C\C/C=C\C/C=C\CCCCCCCCC(=O)NC(COC1OC(CO)C(OC2OC(CO)C(O)C(O)C2O)C(O)C1O)C(O)CCCCCCCCCCCCCCCCCCCCC. The Kier molecular flexibility index (Phi) is 40.5. The summed E-state index contributed by atoms with van der Waals surface area (Å²) < 4.78 is 22.8. The molecule has 2 fully saturated rings. The minimum absolute atomic E-state index is 0.221. The maximum Gasteiger partial charge on any atom is 0.220 e. The van der Waals surface area contributed by atoms with Gasteiger partial charge in [0.15, 0.2) is 12.6 Å². The fraction of sp³-hybridized carbons (Fsp3) is 0.845. The molecule has 12 unspecified atom stereocenters. The van der Waals surface area contributed by atoms with Crippen LogP contribution in [-0.4, -0.2) is 140 Å². The van der Waals surface area contributed by atoms with Crippen molar-refractivity contribution in [2.75, 3.05) is 19.8 Å². The first-order valence-electron chi connectivity index (χ1n) is 28.9. The Bertz CT molecular complexity index is 1390. The summed E-state index contributed by atoms with van der Waals surface area (Å²) in [5.74, 6) is -0.221. The molecule has 1 amide bonds. The molecule has 14 nitrogen and oxygen atoms in total. The zero-order valence-electron chi connectivity index (χ0n) is 44.9. The number of unbranched alkanes of at least 4 members (excludes halogenated alkanes) is 24. The Morgan fingerprint density at radius 2 is 0.958 bits per heavy atom. The van der Waals surface area contributed by atoms with Crippen molar-refractivity contribution in [1.82, 2.24) is 5.32 Å². The average Bonchev–Trinajstić information content (AvgIpc) is 3.38. The molecule has 9 N–H and O–H groups in total. The highest BCUT2D eigenvalue weighted by atomic mass is 16.7. The van der Waals surface area contributed by atoms with Crippen LogP contribution in [0.3, 0.4) is 0 Å². The molecule has 0 aromatic carbocycles. The van der Waals surface area contributed by atoms with E-state index in [-0.39, 0.29) is 18.9 Å². The third-order valence-corrected chi connectivity index (χ3v) is 14.1. The van der Waals surface area contributed by atoms with E-state index in [9.17, 15) is 45.6 Å². The summed E-state index contributed by atoms with van der Waals surface area (Å²) >= 11 is 0. The zero-order chi connectivity index (χ0) is 52.4. The summed E-state index contributed by atoms with van der Waals surface area (Å²) in [7, 11) is 0. The number of allylic oxidation sites excluding steroid dienone is 8. The maximum atomic E-state index is 13.3. The summed E-state index contributed by atoms with van der Waals surface area (Å²) in [5.41, 5.74) is 0. The topological polar surface area (TPSA) is 228 Å². The Labute approximate surface area is 435 Å². The van der Waals surface area contributed by atoms with E-state index in [4.69, 9.17) is 18.9 Å². The van der Waals surface area contributed by atoms with Crippen molar-refractivity contribution in [3.05, 3.63) is 48.6 Å². The third kappa shape index (κ3) is 29.9. The quantitative estimate of drug-likeness (QED) is 0.0205. The predicted octanol–water partition coefficient (Wildman–Crippen LogP) is 9.22. The molecule has 2 aliphatic heterocycles. The summed E-state index contributed by atoms with van der Waals surface area (Å²) in [4.78, 5) is 13.3. The molecule has 0 aromatic rings. The van der Waals surface area contributed by atoms with Crippen LogP contribution in [0.4, 0.5) is 0 Å². The van der Waals surface area contributed by atoms with E-state index >= 15 is 0 Å². The molecule has 2 heterocycles. The lowest BCUT2D eigenvalue weighted by atomic mass is 9.97. The molecule has 0 spiro atoms. The maximum absolute atomic E-state index is 13.3. The van der Waals surface area contributed by atoms with Crippen LogP contribution in [-0.2, 0) is 23.7 Å². The summed E-state index contributed by atoms with van der Waals surface area (Å²) in [5, 5.41) is 87.2. The van der Waals surface area contributed by atoms with E-state index in [1.807, 2.05) is 0 Å². The Morgan fingerprint density at radius 1 is 0.514 bits per heavy atom. The molecule has 12 atom stereocenters. The first-order valence-corrected chi connectivity index (χ1v) is 28.9. The molecule has 14 heteroatoms. The molecule has 2 saturated heterocycles. The van der Waals surface area contributed by atoms with Crippen molar-refractivity contribution in [1.29, 1.82) is 0 Å². The first-order chi connectivity index (χ1) is 35.1. The van der Waals surface area contributed by atoms with Gasteiger partial charge in [-0.05, 0) is 51.4 Å². The molecule has 72 heavy (non-hydrogen) atoms. The fourth-order valence-corrected chi connectivity index (χ4v) is 9.40. The summed E-state index contributed by atoms with van der Waals surface area (Å²) in [6, 6.07) is -0.838. The molecule has 0 aromatic heterocycles. The predicted molar refractivity (Wildman–Crippen MR) is 286 cm³/mol. The molecule has 0 aliphatic carbocycles. The van der Waals surface area contributed by atoms with Gasteiger partial charge in [-0.25, -0.2) is 0 Å². The van der Waals surface area contributed by atoms with Gasteiger partial charge in [-0.15, -0.1) is 0 Å². The van der Waals surface area contributed by atoms with Crippen LogP contribution in [0.1, 0.15) is 219 Å². The number of amides is 1. The minimum Gasteiger partial charge on any atom is -0.394 e. The van der Waals surface area contributed by atoms with Crippen molar-refractivity contribution in [2.45, 2.75) is 293 Å². The van der Waals surface area contributed by atoms with Gasteiger partial charge in [0, 0.05) is 6.42 Å². The van der Waals surface area contributed by atoms with Crippen LogP contribution in [0.15, 0.2) is 48.6 Å². The van der Waals surface area contributed by atoms with Crippen LogP contribution in [0.2, 0.25) is 0 Å². The lowest BCUT2D eigenvalue weighted by molar-refractivity contribution is -0.359. The fourth-order valence-electron chi connectivity index (χ4n) is 9.40. The molecular weight excluding hydrogens is 919 g/mol. The number of nitrogens with one attached hydrogen (secondary N) is 1. The second-order valence-electron chi connectivity index (χ2n) is 20.4. The van der Waals surface area contributed by atoms with Gasteiger partial charge in [0.1, 0.15) is 48.8 Å². The number of carbonyl (C=O) groups excluding carboxylic acids is 1. The van der Waals surface area contributed by atoms with Gasteiger partial charge in [-0.3, -0.25) is 4.79 Å². The standard InChI is InChI=1S/C58H105NO13/c1-3-5-7-9-11-13-15-17-19-21-23-25-27-29-31-33-35-37-39-41-47(62)46(59-50(63)42-40-38-36-34-32-30-28-26-24-22-20-18-16-14-12-10-8-6-4-2)45-69-57-55(68)53(66)56(49(44-61)71-57)72-58-54(67)52(65)51(64)48(43-60)70-58/h6,8,12,14,18,20,24,26,46-49,51-58,60-62,64-68H,3-5,7,9-11,13,15-17,19,21-23,25,27-45H2,1-2H3,(H,59,63)/b8-6-,14-12-,20-18-,26-24-. The van der Waals surface area contributed by atoms with Crippen LogP contribution in [0, 0.1) is 0 Å². The van der Waals surface area contributed by atoms with Gasteiger partial charge in [-0.2, -0.15) is 0 Å². The first kappa shape index (κ1) is 66.1. The Hall–Kier alpha value is -2.05. The van der Waals surface area contributed by atoms with Crippen molar-refractivity contribution in [3.63, 3.8) is 0 Å². The molecule has 0 saturated carbocycles. The monoisotopic (exact) mass is 1020 g/mol. The smallest absolute Gasteiger partial charge is 0.220 e. The number of carbonyl (C=O) groups is 1. The highest BCUT2D eigenvalue weighted by Crippen LogP contribution is 2.30. The van der Waals surface area contributed by atoms with Crippen LogP contribution in [0.25, 0.3) is 0 Å². The van der Waals surface area contributed by atoms with Crippen molar-refractivity contribution < 1.29 is 64.6 Å². The number of aliphatic hydroxyl groups is 8. The molecule has 2 rings (SSSR count). The van der Waals surface area contributed by atoms with Gasteiger partial charge in [0.05, 0.1) is 32.0 Å². The van der Waals surface area contributed by atoms with Gasteiger partial charge < -0.3 is 65.1 Å². The second-order valence-corrected chi connectivity index (χ2v) is 20.4. The van der Waals surface area contributed by atoms with E-state index in [1.54, 1.807) is 0 Å². The second kappa shape index (κ2) is 44.1. The molecular formula is C58H105NO13. The number of hydrogen-bond acceptors (Lipinski definition) is 13. The van der Waals surface area contributed by atoms with E-state index in [1.165, 1.54) is 96.3 Å². The van der Waals surface area contributed by atoms with Crippen LogP contribution < -0.4 is 5.32 Å². The highest BCUT2D eigenvalue weighted by molar-refractivity contribution is 5.76. The number of ether oxygens (including phenoxy) is 4. The van der Waals surface area contributed by atoms with Crippen molar-refractivity contribution in [2.24, 2.45) is 0 Å². The van der Waals surface area contributed by atoms with Crippen molar-refractivity contribution >= 4 is 5.91 Å². The molecule has 0 radical (unpaired) electrons. The molecule has 420 valence electrons. The number of hydrogen-bond donors (Lipinski definition) is 9. The van der Waals surface area contributed by atoms with Gasteiger partial charge in [-0.1, -0.05) is 210 Å². The van der Waals surface area contributed by atoms with E-state index in [0.29, 0.717) is 12.8 Å². The molecule has 2 aliphatic rings. The number of aliphatic hydroxyl groups excluding tert-OH is 8. The van der Waals surface area contributed by atoms with Crippen LogP contribution >= 0.6 is 0 Å². The van der Waals surface area contributed by atoms with Gasteiger partial charge >= 0.3 is 0 Å². The van der Waals surface area contributed by atoms with Crippen molar-refractivity contribution in [3.8, 4) is 0 Å². The average molecular weight is 1020 g/mol. The normalized spacial score (nSPS) is 25.9. The van der Waals surface area contributed by atoms with Gasteiger partial charge in [0.2, 0.25) is 5.91 Å². The lowest BCUT2D eigenvalue weighted by Crippen LogP contribution is -2.65. The highest BCUT2D eigenvalue weighted by Gasteiger charge is 2.51. The zero-order valence-corrected chi connectivity index (χ0v) is 44.9. The Morgan fingerprint density at radius 3 is 1.47 bits per heavy atom.